The zero-order valence-corrected chi connectivity index (χ0v) is 9.02. The minimum Gasteiger partial charge on any atom is -0.405 e. The average Bonchev–Trinajstić information content (AvgIpc) is 2.11. The van der Waals surface area contributed by atoms with Crippen molar-refractivity contribution in [3.8, 4) is 0 Å². The highest BCUT2D eigenvalue weighted by molar-refractivity contribution is 9.09. The number of carbonyl (C=O) groups excluding carboxylic acids is 1. The molecule has 0 saturated heterocycles. The standard InChI is InChI=1S/C9H14BrNO/c1-3-7(2)8(4-5-11)9(12)6-10/h4-5H,3,6,11H2,1-2H3/b5-4-,8-7-. The second-order valence-corrected chi connectivity index (χ2v) is 3.02. The average molecular weight is 232 g/mol. The summed E-state index contributed by atoms with van der Waals surface area (Å²) in [6.45, 7) is 3.96. The Hall–Kier alpha value is -0.570. The van der Waals surface area contributed by atoms with E-state index in [0.717, 1.165) is 17.6 Å². The van der Waals surface area contributed by atoms with E-state index in [4.69, 9.17) is 5.73 Å². The van der Waals surface area contributed by atoms with Crippen molar-refractivity contribution in [2.75, 3.05) is 5.33 Å². The Kier molecular flexibility index (Phi) is 5.72. The van der Waals surface area contributed by atoms with Gasteiger partial charge in [-0.3, -0.25) is 4.79 Å². The predicted molar refractivity (Wildman–Crippen MR) is 55.1 cm³/mol. The molecule has 0 fully saturated rings. The van der Waals surface area contributed by atoms with Gasteiger partial charge < -0.3 is 5.73 Å². The first-order chi connectivity index (χ1) is 5.67. The van der Waals surface area contributed by atoms with Crippen molar-refractivity contribution in [2.45, 2.75) is 20.3 Å². The van der Waals surface area contributed by atoms with E-state index in [1.54, 1.807) is 6.08 Å². The second-order valence-electron chi connectivity index (χ2n) is 2.46. The molecule has 0 unspecified atom stereocenters. The summed E-state index contributed by atoms with van der Waals surface area (Å²) in [6.07, 6.45) is 3.93. The Balaban J connectivity index is 4.77. The highest BCUT2D eigenvalue weighted by Gasteiger charge is 2.06. The van der Waals surface area contributed by atoms with E-state index in [1.165, 1.54) is 6.20 Å². The number of nitrogens with two attached hydrogens (primary N) is 1. The summed E-state index contributed by atoms with van der Waals surface area (Å²) in [5, 5.41) is 0.351. The number of alkyl halides is 1. The molecule has 0 saturated carbocycles. The fraction of sp³-hybridized carbons (Fsp3) is 0.444. The number of carbonyl (C=O) groups is 1. The Labute approximate surface area is 81.6 Å². The number of hydrogen-bond acceptors (Lipinski definition) is 2. The fourth-order valence-electron chi connectivity index (χ4n) is 0.832. The van der Waals surface area contributed by atoms with Crippen LogP contribution in [0.2, 0.25) is 0 Å². The lowest BCUT2D eigenvalue weighted by Crippen LogP contribution is -2.04. The van der Waals surface area contributed by atoms with Crippen LogP contribution in [0.25, 0.3) is 0 Å². The summed E-state index contributed by atoms with van der Waals surface area (Å²) in [6, 6.07) is 0. The summed E-state index contributed by atoms with van der Waals surface area (Å²) >= 11 is 3.12. The van der Waals surface area contributed by atoms with Crippen molar-refractivity contribution in [1.82, 2.24) is 0 Å². The van der Waals surface area contributed by atoms with Crippen molar-refractivity contribution >= 4 is 21.7 Å². The normalized spacial score (nSPS) is 13.2. The minimum atomic E-state index is 0.0797. The first-order valence-corrected chi connectivity index (χ1v) is 4.96. The molecule has 0 atom stereocenters. The minimum absolute atomic E-state index is 0.0797. The van der Waals surface area contributed by atoms with E-state index in [-0.39, 0.29) is 5.78 Å². The van der Waals surface area contributed by atoms with Gasteiger partial charge in [-0.05, 0) is 25.6 Å². The van der Waals surface area contributed by atoms with Gasteiger partial charge in [-0.25, -0.2) is 0 Å². The largest absolute Gasteiger partial charge is 0.405 e. The smallest absolute Gasteiger partial charge is 0.173 e. The molecule has 0 radical (unpaired) electrons. The molecule has 0 heterocycles. The van der Waals surface area contributed by atoms with E-state index in [2.05, 4.69) is 15.9 Å². The Morgan fingerprint density at radius 1 is 1.58 bits per heavy atom. The SMILES string of the molecule is CC/C(C)=C(/C=C\N)C(=O)CBr. The van der Waals surface area contributed by atoms with Gasteiger partial charge in [-0.15, -0.1) is 0 Å². The summed E-state index contributed by atoms with van der Waals surface area (Å²) in [5.74, 6) is 0.0797. The third-order valence-corrected chi connectivity index (χ3v) is 2.18. The van der Waals surface area contributed by atoms with Gasteiger partial charge in [0.05, 0.1) is 5.33 Å². The van der Waals surface area contributed by atoms with E-state index < -0.39 is 0 Å². The summed E-state index contributed by atoms with van der Waals surface area (Å²) < 4.78 is 0. The third-order valence-electron chi connectivity index (χ3n) is 1.67. The number of ketones is 1. The summed E-state index contributed by atoms with van der Waals surface area (Å²) in [5.41, 5.74) is 7.02. The lowest BCUT2D eigenvalue weighted by molar-refractivity contribution is -0.112. The molecule has 0 aromatic rings. The molecular weight excluding hydrogens is 218 g/mol. The molecule has 3 heteroatoms. The molecule has 2 nitrogen and oxygen atoms in total. The first kappa shape index (κ1) is 11.4. The molecule has 0 aliphatic heterocycles. The molecule has 0 bridgehead atoms. The van der Waals surface area contributed by atoms with Crippen LogP contribution in [0.15, 0.2) is 23.4 Å². The van der Waals surface area contributed by atoms with E-state index in [9.17, 15) is 4.79 Å². The van der Waals surface area contributed by atoms with Crippen LogP contribution in [0, 0.1) is 0 Å². The van der Waals surface area contributed by atoms with Crippen molar-refractivity contribution in [3.63, 3.8) is 0 Å². The van der Waals surface area contributed by atoms with Gasteiger partial charge in [-0.2, -0.15) is 0 Å². The molecule has 12 heavy (non-hydrogen) atoms. The van der Waals surface area contributed by atoms with Gasteiger partial charge in [0.25, 0.3) is 0 Å². The zero-order chi connectivity index (χ0) is 9.56. The van der Waals surface area contributed by atoms with Gasteiger partial charge in [-0.1, -0.05) is 28.4 Å². The van der Waals surface area contributed by atoms with Crippen LogP contribution in [0.4, 0.5) is 0 Å². The number of halogens is 1. The molecule has 0 aliphatic carbocycles. The molecule has 0 rings (SSSR count). The van der Waals surface area contributed by atoms with Crippen LogP contribution < -0.4 is 5.73 Å². The van der Waals surface area contributed by atoms with E-state index >= 15 is 0 Å². The second kappa shape index (κ2) is 6.00. The van der Waals surface area contributed by atoms with Crippen LogP contribution >= 0.6 is 15.9 Å². The Morgan fingerprint density at radius 2 is 2.17 bits per heavy atom. The van der Waals surface area contributed by atoms with Crippen LogP contribution in [0.1, 0.15) is 20.3 Å². The van der Waals surface area contributed by atoms with E-state index in [0.29, 0.717) is 5.33 Å². The van der Waals surface area contributed by atoms with E-state index in [1.807, 2.05) is 13.8 Å². The topological polar surface area (TPSA) is 43.1 Å². The molecule has 2 N–H and O–H groups in total. The van der Waals surface area contributed by atoms with Gasteiger partial charge >= 0.3 is 0 Å². The maximum Gasteiger partial charge on any atom is 0.173 e. The molecule has 0 spiro atoms. The van der Waals surface area contributed by atoms with Crippen molar-refractivity contribution in [2.24, 2.45) is 5.73 Å². The molecular formula is C9H14BrNO. The van der Waals surface area contributed by atoms with Gasteiger partial charge in [0, 0.05) is 5.57 Å². The fourth-order valence-corrected chi connectivity index (χ4v) is 1.13. The summed E-state index contributed by atoms with van der Waals surface area (Å²) in [4.78, 5) is 11.3. The van der Waals surface area contributed by atoms with Gasteiger partial charge in [0.1, 0.15) is 0 Å². The van der Waals surface area contributed by atoms with Crippen LogP contribution in [-0.4, -0.2) is 11.1 Å². The van der Waals surface area contributed by atoms with Gasteiger partial charge in [0.2, 0.25) is 0 Å². The van der Waals surface area contributed by atoms with Crippen LogP contribution in [-0.2, 0) is 4.79 Å². The Morgan fingerprint density at radius 3 is 2.50 bits per heavy atom. The summed E-state index contributed by atoms with van der Waals surface area (Å²) in [7, 11) is 0. The van der Waals surface area contributed by atoms with Crippen molar-refractivity contribution in [3.05, 3.63) is 23.4 Å². The monoisotopic (exact) mass is 231 g/mol. The lowest BCUT2D eigenvalue weighted by Gasteiger charge is -2.02. The van der Waals surface area contributed by atoms with Crippen molar-refractivity contribution in [1.29, 1.82) is 0 Å². The highest BCUT2D eigenvalue weighted by Crippen LogP contribution is 2.11. The maximum atomic E-state index is 11.3. The van der Waals surface area contributed by atoms with Gasteiger partial charge in [0.15, 0.2) is 5.78 Å². The molecule has 0 aromatic heterocycles. The molecule has 0 aliphatic rings. The zero-order valence-electron chi connectivity index (χ0n) is 7.43. The van der Waals surface area contributed by atoms with Crippen molar-refractivity contribution < 1.29 is 4.79 Å². The van der Waals surface area contributed by atoms with Crippen LogP contribution in [0.3, 0.4) is 0 Å². The quantitative estimate of drug-likeness (QED) is 0.458. The predicted octanol–water partition coefficient (Wildman–Crippen LogP) is 2.15. The third kappa shape index (κ3) is 3.22. The number of rotatable bonds is 4. The molecule has 0 aromatic carbocycles. The maximum absolute atomic E-state index is 11.3. The number of hydrogen-bond donors (Lipinski definition) is 1. The van der Waals surface area contributed by atoms with Crippen LogP contribution in [0.5, 0.6) is 0 Å². The lowest BCUT2D eigenvalue weighted by atomic mass is 10.0. The Bertz CT molecular complexity index is 219. The number of allylic oxidation sites excluding steroid dienone is 3. The number of Topliss-reactive ketones (excluding diaryl/α,β-unsaturated/α-hetero) is 1. The highest BCUT2D eigenvalue weighted by atomic mass is 79.9. The molecule has 68 valence electrons. The molecule has 0 amide bonds. The first-order valence-electron chi connectivity index (χ1n) is 3.84.